The van der Waals surface area contributed by atoms with Crippen molar-refractivity contribution in [1.82, 2.24) is 5.32 Å². The Morgan fingerprint density at radius 2 is 2.16 bits per heavy atom. The van der Waals surface area contributed by atoms with Crippen molar-refractivity contribution in [3.8, 4) is 11.5 Å². The lowest BCUT2D eigenvalue weighted by molar-refractivity contribution is -0.274. The molecule has 104 valence electrons. The largest absolute Gasteiger partial charge is 0.573 e. The summed E-state index contributed by atoms with van der Waals surface area (Å²) in [7, 11) is 0. The van der Waals surface area contributed by atoms with Gasteiger partial charge in [0.2, 0.25) is 0 Å². The number of hydrogen-bond acceptors (Lipinski definition) is 3. The molecule has 1 aromatic carbocycles. The standard InChI is InChI=1S/C13H14F3NO2/c1-7-4-11-12(17-6-7)9-3-2-8(5-10(9)18-11)19-13(14,15)16/h2-3,5,7,11-12,17H,4,6H2,1H3/t7-,11-,12-/m0/s1. The summed E-state index contributed by atoms with van der Waals surface area (Å²) < 4.78 is 46.1. The molecular weight excluding hydrogens is 259 g/mol. The van der Waals surface area contributed by atoms with Gasteiger partial charge in [0.25, 0.3) is 0 Å². The van der Waals surface area contributed by atoms with Crippen LogP contribution in [0, 0.1) is 5.92 Å². The monoisotopic (exact) mass is 273 g/mol. The molecule has 2 heterocycles. The molecule has 2 aliphatic rings. The average molecular weight is 273 g/mol. The number of halogens is 3. The van der Waals surface area contributed by atoms with Crippen LogP contribution in [0.2, 0.25) is 0 Å². The highest BCUT2D eigenvalue weighted by atomic mass is 19.4. The Morgan fingerprint density at radius 1 is 1.37 bits per heavy atom. The quantitative estimate of drug-likeness (QED) is 0.853. The van der Waals surface area contributed by atoms with Gasteiger partial charge in [-0.15, -0.1) is 13.2 Å². The predicted octanol–water partition coefficient (Wildman–Crippen LogP) is 3.02. The van der Waals surface area contributed by atoms with Crippen LogP contribution in [-0.4, -0.2) is 19.0 Å². The van der Waals surface area contributed by atoms with Gasteiger partial charge in [0, 0.05) is 11.6 Å². The minimum absolute atomic E-state index is 0.000105. The van der Waals surface area contributed by atoms with E-state index in [1.807, 2.05) is 0 Å². The molecule has 3 rings (SSSR count). The highest BCUT2D eigenvalue weighted by Crippen LogP contribution is 2.43. The first-order chi connectivity index (χ1) is 8.92. The van der Waals surface area contributed by atoms with E-state index in [0.29, 0.717) is 11.7 Å². The van der Waals surface area contributed by atoms with Crippen LogP contribution in [0.1, 0.15) is 24.9 Å². The van der Waals surface area contributed by atoms with Gasteiger partial charge < -0.3 is 14.8 Å². The van der Waals surface area contributed by atoms with E-state index in [2.05, 4.69) is 17.0 Å². The van der Waals surface area contributed by atoms with Crippen LogP contribution in [0.5, 0.6) is 11.5 Å². The maximum absolute atomic E-state index is 12.2. The molecule has 3 atom stereocenters. The lowest BCUT2D eigenvalue weighted by Gasteiger charge is -2.29. The lowest BCUT2D eigenvalue weighted by atomic mass is 9.91. The van der Waals surface area contributed by atoms with Crippen LogP contribution >= 0.6 is 0 Å². The van der Waals surface area contributed by atoms with E-state index in [4.69, 9.17) is 4.74 Å². The first-order valence-corrected chi connectivity index (χ1v) is 6.22. The van der Waals surface area contributed by atoms with Crippen LogP contribution in [0.25, 0.3) is 0 Å². The summed E-state index contributed by atoms with van der Waals surface area (Å²) in [5.74, 6) is 0.748. The molecule has 0 aromatic heterocycles. The summed E-state index contributed by atoms with van der Waals surface area (Å²) in [6.07, 6.45) is -3.77. The molecule has 2 aliphatic heterocycles. The van der Waals surface area contributed by atoms with Gasteiger partial charge in [-0.2, -0.15) is 0 Å². The maximum atomic E-state index is 12.2. The molecule has 0 radical (unpaired) electrons. The molecule has 0 aliphatic carbocycles. The van der Waals surface area contributed by atoms with Crippen molar-refractivity contribution in [3.63, 3.8) is 0 Å². The van der Waals surface area contributed by atoms with E-state index in [9.17, 15) is 13.2 Å². The molecule has 1 fully saturated rings. The number of fused-ring (bicyclic) bond motifs is 3. The fourth-order valence-corrected chi connectivity index (χ4v) is 2.74. The number of piperidine rings is 1. The first-order valence-electron chi connectivity index (χ1n) is 6.22. The van der Waals surface area contributed by atoms with Gasteiger partial charge in [-0.05, 0) is 31.0 Å². The Morgan fingerprint density at radius 3 is 2.89 bits per heavy atom. The Hall–Kier alpha value is -1.43. The van der Waals surface area contributed by atoms with Crippen LogP contribution in [0.15, 0.2) is 18.2 Å². The molecule has 1 N–H and O–H groups in total. The zero-order chi connectivity index (χ0) is 13.6. The molecule has 0 spiro atoms. The molecule has 0 saturated carbocycles. The predicted molar refractivity (Wildman–Crippen MR) is 62.1 cm³/mol. The van der Waals surface area contributed by atoms with Crippen molar-refractivity contribution >= 4 is 0 Å². The Balaban J connectivity index is 1.83. The Kier molecular flexibility index (Phi) is 2.85. The fourth-order valence-electron chi connectivity index (χ4n) is 2.74. The van der Waals surface area contributed by atoms with Crippen molar-refractivity contribution < 1.29 is 22.6 Å². The van der Waals surface area contributed by atoms with Gasteiger partial charge in [-0.3, -0.25) is 0 Å². The second-order valence-corrected chi connectivity index (χ2v) is 5.13. The van der Waals surface area contributed by atoms with Crippen LogP contribution in [0.3, 0.4) is 0 Å². The van der Waals surface area contributed by atoms with E-state index in [1.165, 1.54) is 12.1 Å². The summed E-state index contributed by atoms with van der Waals surface area (Å²) in [5, 5.41) is 3.37. The van der Waals surface area contributed by atoms with Crippen molar-refractivity contribution in [2.45, 2.75) is 31.9 Å². The zero-order valence-electron chi connectivity index (χ0n) is 10.3. The summed E-state index contributed by atoms with van der Waals surface area (Å²) in [6.45, 7) is 3.01. The number of benzene rings is 1. The van der Waals surface area contributed by atoms with Crippen molar-refractivity contribution in [2.24, 2.45) is 5.92 Å². The van der Waals surface area contributed by atoms with Gasteiger partial charge in [0.15, 0.2) is 0 Å². The molecule has 0 unspecified atom stereocenters. The number of ether oxygens (including phenoxy) is 2. The van der Waals surface area contributed by atoms with Gasteiger partial charge >= 0.3 is 6.36 Å². The second-order valence-electron chi connectivity index (χ2n) is 5.13. The first kappa shape index (κ1) is 12.6. The summed E-state index contributed by atoms with van der Waals surface area (Å²) in [4.78, 5) is 0. The number of rotatable bonds is 1. The van der Waals surface area contributed by atoms with Gasteiger partial charge in [-0.25, -0.2) is 0 Å². The third-order valence-electron chi connectivity index (χ3n) is 3.52. The minimum atomic E-state index is -4.67. The maximum Gasteiger partial charge on any atom is 0.573 e. The molecule has 0 bridgehead atoms. The SMILES string of the molecule is C[C@@H]1CN[C@H]2c3ccc(OC(F)(F)F)cc3O[C@H]2C1. The van der Waals surface area contributed by atoms with E-state index < -0.39 is 6.36 Å². The Bertz CT molecular complexity index is 489. The topological polar surface area (TPSA) is 30.5 Å². The van der Waals surface area contributed by atoms with E-state index in [0.717, 1.165) is 18.5 Å². The van der Waals surface area contributed by atoms with Gasteiger partial charge in [-0.1, -0.05) is 6.92 Å². The summed E-state index contributed by atoms with van der Waals surface area (Å²) in [5.41, 5.74) is 0.909. The summed E-state index contributed by atoms with van der Waals surface area (Å²) in [6, 6.07) is 4.36. The average Bonchev–Trinajstić information content (AvgIpc) is 2.62. The van der Waals surface area contributed by atoms with E-state index in [1.54, 1.807) is 6.07 Å². The molecule has 19 heavy (non-hydrogen) atoms. The zero-order valence-corrected chi connectivity index (χ0v) is 10.3. The summed E-state index contributed by atoms with van der Waals surface area (Å²) >= 11 is 0. The number of alkyl halides is 3. The molecular formula is C13H14F3NO2. The van der Waals surface area contributed by atoms with E-state index in [-0.39, 0.29) is 17.9 Å². The van der Waals surface area contributed by atoms with Crippen molar-refractivity contribution in [3.05, 3.63) is 23.8 Å². The minimum Gasteiger partial charge on any atom is -0.488 e. The van der Waals surface area contributed by atoms with Crippen LogP contribution < -0.4 is 14.8 Å². The number of hydrogen-bond donors (Lipinski definition) is 1. The fraction of sp³-hybridized carbons (Fsp3) is 0.538. The van der Waals surface area contributed by atoms with Crippen molar-refractivity contribution in [1.29, 1.82) is 0 Å². The van der Waals surface area contributed by atoms with Gasteiger partial charge in [0.1, 0.15) is 17.6 Å². The molecule has 0 amide bonds. The van der Waals surface area contributed by atoms with Crippen LogP contribution in [-0.2, 0) is 0 Å². The third kappa shape index (κ3) is 2.49. The highest BCUT2D eigenvalue weighted by Gasteiger charge is 2.39. The second kappa shape index (κ2) is 4.30. The normalized spacial score (nSPS) is 29.4. The Labute approximate surface area is 108 Å². The van der Waals surface area contributed by atoms with E-state index >= 15 is 0 Å². The van der Waals surface area contributed by atoms with Gasteiger partial charge in [0.05, 0.1) is 6.04 Å². The lowest BCUT2D eigenvalue weighted by Crippen LogP contribution is -2.41. The van der Waals surface area contributed by atoms with Crippen LogP contribution in [0.4, 0.5) is 13.2 Å². The smallest absolute Gasteiger partial charge is 0.488 e. The molecule has 1 aromatic rings. The molecule has 6 heteroatoms. The van der Waals surface area contributed by atoms with Crippen molar-refractivity contribution in [2.75, 3.05) is 6.54 Å². The highest BCUT2D eigenvalue weighted by molar-refractivity contribution is 5.46. The third-order valence-corrected chi connectivity index (χ3v) is 3.52. The number of nitrogens with one attached hydrogen (secondary N) is 1. The molecule has 1 saturated heterocycles. The molecule has 3 nitrogen and oxygen atoms in total.